The van der Waals surface area contributed by atoms with Gasteiger partial charge in [0.25, 0.3) is 0 Å². The van der Waals surface area contributed by atoms with E-state index >= 15 is 0 Å². The Balaban J connectivity index is 1.39. The Labute approximate surface area is 257 Å². The topological polar surface area (TPSA) is 107 Å². The zero-order valence-electron chi connectivity index (χ0n) is 27.3. The minimum atomic E-state index is -1.22. The lowest BCUT2D eigenvalue weighted by molar-refractivity contribution is -0.256. The number of rotatable bonds is 3. The molecule has 6 nitrogen and oxygen atoms in total. The van der Waals surface area contributed by atoms with Gasteiger partial charge >= 0.3 is 5.97 Å². The van der Waals surface area contributed by atoms with E-state index in [1.807, 2.05) is 19.9 Å². The smallest absolute Gasteiger partial charge is 0.338 e. The lowest BCUT2D eigenvalue weighted by atomic mass is 9.33. The van der Waals surface area contributed by atoms with Gasteiger partial charge in [0.1, 0.15) is 12.2 Å². The fraction of sp³-hybridized carbons (Fsp3) is 0.757. The van der Waals surface area contributed by atoms with Crippen molar-refractivity contribution < 1.29 is 30.0 Å². The monoisotopic (exact) mass is 594 g/mol. The molecule has 11 atom stereocenters. The molecule has 4 saturated carbocycles. The number of carbonyl (C=O) groups is 1. The van der Waals surface area contributed by atoms with Crippen LogP contribution in [0.2, 0.25) is 0 Å². The standard InChI is InChI=1S/C37H54O6/c1-32(2)19-24-23-13-14-26-34(5)17-16-27(39)33(3,4)25(34)15-18-35(26,6)36(23,7)20-28(40)37(24,21-38)29(41)30(32)43-31(42)22-11-9-8-10-12-22/h8-13,24-30,38-41H,14-21H2,1-7H3/t24-,25-,26+,27-,28+,29+,30-,34-,35+,36+,37+/m0/s1. The van der Waals surface area contributed by atoms with E-state index in [0.717, 1.165) is 32.1 Å². The minimum Gasteiger partial charge on any atom is -0.455 e. The first-order valence-electron chi connectivity index (χ1n) is 16.6. The zero-order chi connectivity index (χ0) is 31.4. The highest BCUT2D eigenvalue weighted by atomic mass is 16.6. The number of aliphatic hydroxyl groups excluding tert-OH is 4. The second-order valence-corrected chi connectivity index (χ2v) is 17.0. The Morgan fingerprint density at radius 2 is 1.56 bits per heavy atom. The third kappa shape index (κ3) is 4.01. The first-order valence-corrected chi connectivity index (χ1v) is 16.6. The van der Waals surface area contributed by atoms with Crippen molar-refractivity contribution in [3.63, 3.8) is 0 Å². The van der Waals surface area contributed by atoms with Gasteiger partial charge in [-0.2, -0.15) is 0 Å². The molecule has 1 aromatic rings. The van der Waals surface area contributed by atoms with Crippen molar-refractivity contribution in [2.24, 2.45) is 50.2 Å². The van der Waals surface area contributed by atoms with Crippen LogP contribution in [0.15, 0.2) is 42.0 Å². The normalized spacial score (nSPS) is 48.1. The molecule has 6 heteroatoms. The van der Waals surface area contributed by atoms with Crippen LogP contribution in [-0.2, 0) is 4.74 Å². The molecule has 5 aliphatic rings. The Morgan fingerprint density at radius 1 is 0.884 bits per heavy atom. The predicted molar refractivity (Wildman–Crippen MR) is 166 cm³/mol. The van der Waals surface area contributed by atoms with Crippen molar-refractivity contribution >= 4 is 5.97 Å². The van der Waals surface area contributed by atoms with Crippen molar-refractivity contribution in [1.82, 2.24) is 0 Å². The molecular weight excluding hydrogens is 540 g/mol. The molecule has 0 unspecified atom stereocenters. The van der Waals surface area contributed by atoms with E-state index in [0.29, 0.717) is 30.2 Å². The lowest BCUT2D eigenvalue weighted by Gasteiger charge is -2.72. The number of benzene rings is 1. The van der Waals surface area contributed by atoms with Gasteiger partial charge in [0.15, 0.2) is 0 Å². The number of ether oxygens (including phenoxy) is 1. The van der Waals surface area contributed by atoms with Crippen molar-refractivity contribution in [3.8, 4) is 0 Å². The van der Waals surface area contributed by atoms with Crippen LogP contribution in [-0.4, -0.2) is 57.4 Å². The molecule has 6 rings (SSSR count). The lowest BCUT2D eigenvalue weighted by Crippen LogP contribution is -2.72. The molecule has 4 fully saturated rings. The maximum absolute atomic E-state index is 13.2. The van der Waals surface area contributed by atoms with E-state index in [4.69, 9.17) is 4.74 Å². The summed E-state index contributed by atoms with van der Waals surface area (Å²) in [4.78, 5) is 13.2. The molecule has 5 aliphatic carbocycles. The van der Waals surface area contributed by atoms with Crippen LogP contribution in [0.5, 0.6) is 0 Å². The molecule has 238 valence electrons. The summed E-state index contributed by atoms with van der Waals surface area (Å²) in [5, 5.41) is 46.4. The molecule has 0 saturated heterocycles. The van der Waals surface area contributed by atoms with Gasteiger partial charge in [-0.15, -0.1) is 0 Å². The summed E-state index contributed by atoms with van der Waals surface area (Å²) >= 11 is 0. The highest BCUT2D eigenvalue weighted by molar-refractivity contribution is 5.89. The Bertz CT molecular complexity index is 1290. The summed E-state index contributed by atoms with van der Waals surface area (Å²) in [5.74, 6) is 0.100. The molecule has 0 heterocycles. The molecule has 0 bridgehead atoms. The Hall–Kier alpha value is -1.73. The summed E-state index contributed by atoms with van der Waals surface area (Å²) in [6.07, 6.45) is 4.95. The van der Waals surface area contributed by atoms with Crippen LogP contribution in [0.3, 0.4) is 0 Å². The maximum Gasteiger partial charge on any atom is 0.338 e. The molecule has 4 N–H and O–H groups in total. The summed E-state index contributed by atoms with van der Waals surface area (Å²) in [7, 11) is 0. The van der Waals surface area contributed by atoms with Gasteiger partial charge in [-0.05, 0) is 96.5 Å². The van der Waals surface area contributed by atoms with Gasteiger partial charge < -0.3 is 25.2 Å². The Morgan fingerprint density at radius 3 is 2.21 bits per heavy atom. The van der Waals surface area contributed by atoms with Crippen LogP contribution >= 0.6 is 0 Å². The van der Waals surface area contributed by atoms with Gasteiger partial charge in [0.2, 0.25) is 0 Å². The molecule has 0 amide bonds. The number of hydrogen-bond acceptors (Lipinski definition) is 6. The fourth-order valence-corrected chi connectivity index (χ4v) is 11.9. The maximum atomic E-state index is 13.2. The van der Waals surface area contributed by atoms with Crippen LogP contribution in [0, 0.1) is 50.2 Å². The number of fused-ring (bicyclic) bond motifs is 7. The molecule has 0 spiro atoms. The summed E-state index contributed by atoms with van der Waals surface area (Å²) in [5.41, 5.74) is -0.562. The van der Waals surface area contributed by atoms with Crippen molar-refractivity contribution in [2.45, 2.75) is 118 Å². The van der Waals surface area contributed by atoms with Crippen molar-refractivity contribution in [3.05, 3.63) is 47.5 Å². The van der Waals surface area contributed by atoms with Crippen LogP contribution in [0.25, 0.3) is 0 Å². The number of allylic oxidation sites excluding steroid dienone is 2. The minimum absolute atomic E-state index is 0.0744. The van der Waals surface area contributed by atoms with E-state index in [9.17, 15) is 25.2 Å². The van der Waals surface area contributed by atoms with Crippen LogP contribution in [0.1, 0.15) is 104 Å². The van der Waals surface area contributed by atoms with E-state index in [1.165, 1.54) is 5.57 Å². The zero-order valence-corrected chi connectivity index (χ0v) is 27.3. The van der Waals surface area contributed by atoms with Gasteiger partial charge in [-0.1, -0.05) is 78.3 Å². The first-order chi connectivity index (χ1) is 20.0. The summed E-state index contributed by atoms with van der Waals surface area (Å²) < 4.78 is 6.05. The number of aliphatic hydroxyl groups is 4. The average Bonchev–Trinajstić information content (AvgIpc) is 2.94. The van der Waals surface area contributed by atoms with Gasteiger partial charge in [-0.25, -0.2) is 4.79 Å². The second kappa shape index (κ2) is 9.88. The number of carbonyl (C=O) groups excluding carboxylic acids is 1. The van der Waals surface area contributed by atoms with Crippen LogP contribution in [0.4, 0.5) is 0 Å². The van der Waals surface area contributed by atoms with E-state index < -0.39 is 35.1 Å². The van der Waals surface area contributed by atoms with E-state index in [-0.39, 0.29) is 40.3 Å². The van der Waals surface area contributed by atoms with E-state index in [1.54, 1.807) is 24.3 Å². The Kier molecular flexibility index (Phi) is 7.18. The highest BCUT2D eigenvalue weighted by Crippen LogP contribution is 2.75. The van der Waals surface area contributed by atoms with Gasteiger partial charge in [-0.3, -0.25) is 0 Å². The third-order valence-electron chi connectivity index (χ3n) is 14.6. The van der Waals surface area contributed by atoms with Crippen molar-refractivity contribution in [2.75, 3.05) is 6.61 Å². The molecule has 43 heavy (non-hydrogen) atoms. The molecule has 1 aromatic carbocycles. The second-order valence-electron chi connectivity index (χ2n) is 17.0. The SMILES string of the molecule is CC1(C)C[C@H]2C3=CC[C@@H]4[C@@]5(C)CC[C@H](O)C(C)(C)[C@@H]5CC[C@@]4(C)[C@]3(C)C[C@@H](O)[C@]2(CO)[C@H](O)[C@@H]1OC(=O)c1ccccc1. The third-order valence-corrected chi connectivity index (χ3v) is 14.6. The first kappa shape index (κ1) is 31.3. The van der Waals surface area contributed by atoms with Crippen molar-refractivity contribution in [1.29, 1.82) is 0 Å². The largest absolute Gasteiger partial charge is 0.455 e. The van der Waals surface area contributed by atoms with Gasteiger partial charge in [0.05, 0.1) is 29.8 Å². The number of hydrogen-bond donors (Lipinski definition) is 4. The van der Waals surface area contributed by atoms with Gasteiger partial charge in [0, 0.05) is 5.41 Å². The summed E-state index contributed by atoms with van der Waals surface area (Å²) in [6.45, 7) is 15.4. The van der Waals surface area contributed by atoms with E-state index in [2.05, 4.69) is 40.7 Å². The molecule has 0 aromatic heterocycles. The average molecular weight is 595 g/mol. The number of esters is 1. The molecule has 0 radical (unpaired) electrons. The molecule has 0 aliphatic heterocycles. The fourth-order valence-electron chi connectivity index (χ4n) is 11.9. The van der Waals surface area contributed by atoms with Crippen LogP contribution < -0.4 is 0 Å². The quantitative estimate of drug-likeness (QED) is 0.256. The predicted octanol–water partition coefficient (Wildman–Crippen LogP) is 5.92. The molecular formula is C37H54O6. The highest BCUT2D eigenvalue weighted by Gasteiger charge is 2.72. The summed E-state index contributed by atoms with van der Waals surface area (Å²) in [6, 6.07) is 8.80.